The number of urea groups is 1. The van der Waals surface area contributed by atoms with Crippen LogP contribution in [0.3, 0.4) is 0 Å². The summed E-state index contributed by atoms with van der Waals surface area (Å²) < 4.78 is 4.86. The SMILES string of the molecule is CCOC(=O)CN(C(=O)N1CSCC1C(=O)O)C1CC1. The molecule has 1 aliphatic carbocycles. The Bertz CT molecular complexity index is 413. The molecule has 2 amide bonds. The molecule has 1 saturated heterocycles. The number of thioether (sulfide) groups is 1. The van der Waals surface area contributed by atoms with Gasteiger partial charge >= 0.3 is 18.0 Å². The number of carbonyl (C=O) groups is 3. The molecule has 1 heterocycles. The molecule has 1 saturated carbocycles. The van der Waals surface area contributed by atoms with Gasteiger partial charge < -0.3 is 19.6 Å². The van der Waals surface area contributed by atoms with Gasteiger partial charge in [0.05, 0.1) is 12.5 Å². The highest BCUT2D eigenvalue weighted by Gasteiger charge is 2.42. The number of carboxylic acids is 1. The molecule has 2 aliphatic rings. The molecule has 0 aromatic carbocycles. The third-order valence-electron chi connectivity index (χ3n) is 3.25. The number of amides is 2. The molecule has 7 nitrogen and oxygen atoms in total. The topological polar surface area (TPSA) is 87.2 Å². The zero-order valence-electron chi connectivity index (χ0n) is 11.3. The highest BCUT2D eigenvalue weighted by atomic mass is 32.2. The lowest BCUT2D eigenvalue weighted by atomic mass is 10.3. The number of carbonyl (C=O) groups excluding carboxylic acids is 2. The number of aliphatic carboxylic acids is 1. The number of hydrogen-bond acceptors (Lipinski definition) is 5. The fourth-order valence-corrected chi connectivity index (χ4v) is 3.22. The number of hydrogen-bond donors (Lipinski definition) is 1. The van der Waals surface area contributed by atoms with Crippen molar-refractivity contribution < 1.29 is 24.2 Å². The Kier molecular flexibility index (Phi) is 4.74. The van der Waals surface area contributed by atoms with Gasteiger partial charge in [-0.05, 0) is 19.8 Å². The first-order valence-electron chi connectivity index (χ1n) is 6.58. The minimum Gasteiger partial charge on any atom is -0.480 e. The van der Waals surface area contributed by atoms with E-state index in [1.807, 2.05) is 0 Å². The second-order valence-electron chi connectivity index (χ2n) is 4.77. The number of rotatable bonds is 5. The standard InChI is InChI=1S/C12H18N2O5S/c1-2-19-10(15)5-13(8-3-4-8)12(18)14-7-20-6-9(14)11(16)17/h8-9H,2-7H2,1H3,(H,16,17). The van der Waals surface area contributed by atoms with Crippen molar-refractivity contribution in [1.82, 2.24) is 9.80 Å². The van der Waals surface area contributed by atoms with Gasteiger partial charge in [0, 0.05) is 11.8 Å². The molecule has 0 spiro atoms. The minimum atomic E-state index is -1.00. The Morgan fingerprint density at radius 3 is 2.65 bits per heavy atom. The van der Waals surface area contributed by atoms with Crippen molar-refractivity contribution in [3.05, 3.63) is 0 Å². The molecule has 0 radical (unpaired) electrons. The van der Waals surface area contributed by atoms with Gasteiger partial charge in [0.25, 0.3) is 0 Å². The van der Waals surface area contributed by atoms with Crippen molar-refractivity contribution in [1.29, 1.82) is 0 Å². The summed E-state index contributed by atoms with van der Waals surface area (Å²) in [6.07, 6.45) is 1.70. The molecule has 0 bridgehead atoms. The van der Waals surface area contributed by atoms with Crippen LogP contribution in [0.4, 0.5) is 4.79 Å². The van der Waals surface area contributed by atoms with Crippen LogP contribution in [0.25, 0.3) is 0 Å². The molecule has 1 unspecified atom stereocenters. The van der Waals surface area contributed by atoms with Gasteiger partial charge in [-0.2, -0.15) is 0 Å². The van der Waals surface area contributed by atoms with Crippen LogP contribution < -0.4 is 0 Å². The molecule has 0 aromatic heterocycles. The second kappa shape index (κ2) is 6.34. The Balaban J connectivity index is 2.03. The van der Waals surface area contributed by atoms with E-state index in [-0.39, 0.29) is 25.2 Å². The largest absolute Gasteiger partial charge is 0.480 e. The van der Waals surface area contributed by atoms with Gasteiger partial charge in [-0.25, -0.2) is 9.59 Å². The predicted molar refractivity (Wildman–Crippen MR) is 72.3 cm³/mol. The fourth-order valence-electron chi connectivity index (χ4n) is 2.09. The Morgan fingerprint density at radius 1 is 1.40 bits per heavy atom. The van der Waals surface area contributed by atoms with Crippen molar-refractivity contribution in [2.24, 2.45) is 0 Å². The molecular formula is C12H18N2O5S. The maximum atomic E-state index is 12.4. The van der Waals surface area contributed by atoms with Crippen LogP contribution in [0.5, 0.6) is 0 Å². The van der Waals surface area contributed by atoms with Crippen molar-refractivity contribution in [2.75, 3.05) is 24.8 Å². The van der Waals surface area contributed by atoms with E-state index in [2.05, 4.69) is 0 Å². The quantitative estimate of drug-likeness (QED) is 0.748. The normalized spacial score (nSPS) is 21.6. The molecule has 1 atom stereocenters. The average Bonchev–Trinajstić information content (AvgIpc) is 3.11. The molecule has 1 N–H and O–H groups in total. The first-order chi connectivity index (χ1) is 9.54. The van der Waals surface area contributed by atoms with Crippen molar-refractivity contribution in [2.45, 2.75) is 31.8 Å². The minimum absolute atomic E-state index is 0.0342. The lowest BCUT2D eigenvalue weighted by Gasteiger charge is -2.29. The summed E-state index contributed by atoms with van der Waals surface area (Å²) in [7, 11) is 0. The van der Waals surface area contributed by atoms with Gasteiger partial charge in [0.2, 0.25) is 0 Å². The van der Waals surface area contributed by atoms with E-state index >= 15 is 0 Å². The Morgan fingerprint density at radius 2 is 2.10 bits per heavy atom. The van der Waals surface area contributed by atoms with E-state index in [0.29, 0.717) is 11.6 Å². The van der Waals surface area contributed by atoms with E-state index in [9.17, 15) is 14.4 Å². The summed E-state index contributed by atoms with van der Waals surface area (Å²) in [6.45, 7) is 1.87. The predicted octanol–water partition coefficient (Wildman–Crippen LogP) is 0.593. The van der Waals surface area contributed by atoms with Crippen LogP contribution in [0, 0.1) is 0 Å². The Labute approximate surface area is 121 Å². The van der Waals surface area contributed by atoms with E-state index in [1.165, 1.54) is 21.6 Å². The number of ether oxygens (including phenoxy) is 1. The van der Waals surface area contributed by atoms with Crippen LogP contribution in [0.2, 0.25) is 0 Å². The maximum absolute atomic E-state index is 12.4. The second-order valence-corrected chi connectivity index (χ2v) is 5.77. The molecule has 20 heavy (non-hydrogen) atoms. The van der Waals surface area contributed by atoms with Gasteiger partial charge in [-0.3, -0.25) is 4.79 Å². The summed E-state index contributed by atoms with van der Waals surface area (Å²) in [5.74, 6) is -0.720. The zero-order chi connectivity index (χ0) is 14.7. The number of carboxylic acid groups (broad SMARTS) is 1. The van der Waals surface area contributed by atoms with Crippen molar-refractivity contribution in [3.63, 3.8) is 0 Å². The summed E-state index contributed by atoms with van der Waals surface area (Å²) >= 11 is 1.41. The van der Waals surface area contributed by atoms with Crippen LogP contribution in [-0.4, -0.2) is 69.7 Å². The lowest BCUT2D eigenvalue weighted by Crippen LogP contribution is -2.51. The van der Waals surface area contributed by atoms with Crippen LogP contribution >= 0.6 is 11.8 Å². The monoisotopic (exact) mass is 302 g/mol. The maximum Gasteiger partial charge on any atom is 0.327 e. The van der Waals surface area contributed by atoms with E-state index in [1.54, 1.807) is 6.92 Å². The van der Waals surface area contributed by atoms with Crippen LogP contribution in [0.1, 0.15) is 19.8 Å². The number of esters is 1. The van der Waals surface area contributed by atoms with Crippen molar-refractivity contribution >= 4 is 29.7 Å². The van der Waals surface area contributed by atoms with Crippen molar-refractivity contribution in [3.8, 4) is 0 Å². The summed E-state index contributed by atoms with van der Waals surface area (Å²) in [6, 6.07) is -1.15. The molecule has 2 fully saturated rings. The molecule has 0 aromatic rings. The molecule has 1 aliphatic heterocycles. The average molecular weight is 302 g/mol. The zero-order valence-corrected chi connectivity index (χ0v) is 12.1. The van der Waals surface area contributed by atoms with Gasteiger partial charge in [0.15, 0.2) is 0 Å². The van der Waals surface area contributed by atoms with E-state index < -0.39 is 18.0 Å². The lowest BCUT2D eigenvalue weighted by molar-refractivity contribution is -0.144. The van der Waals surface area contributed by atoms with Crippen LogP contribution in [-0.2, 0) is 14.3 Å². The molecular weight excluding hydrogens is 284 g/mol. The molecule has 2 rings (SSSR count). The van der Waals surface area contributed by atoms with Gasteiger partial charge in [-0.1, -0.05) is 0 Å². The van der Waals surface area contributed by atoms with Gasteiger partial charge in [-0.15, -0.1) is 11.8 Å². The van der Waals surface area contributed by atoms with E-state index in [0.717, 1.165) is 12.8 Å². The molecule has 112 valence electrons. The first-order valence-corrected chi connectivity index (χ1v) is 7.73. The Hall–Kier alpha value is -1.44. The molecule has 8 heteroatoms. The van der Waals surface area contributed by atoms with E-state index in [4.69, 9.17) is 9.84 Å². The summed E-state index contributed by atoms with van der Waals surface area (Å²) in [5.41, 5.74) is 0. The number of nitrogens with zero attached hydrogens (tertiary/aromatic N) is 2. The highest BCUT2D eigenvalue weighted by Crippen LogP contribution is 2.30. The smallest absolute Gasteiger partial charge is 0.327 e. The fraction of sp³-hybridized carbons (Fsp3) is 0.750. The summed E-state index contributed by atoms with van der Waals surface area (Å²) in [4.78, 5) is 37.9. The van der Waals surface area contributed by atoms with Crippen LogP contribution in [0.15, 0.2) is 0 Å². The third-order valence-corrected chi connectivity index (χ3v) is 4.26. The highest BCUT2D eigenvalue weighted by molar-refractivity contribution is 7.99. The third kappa shape index (κ3) is 3.36. The van der Waals surface area contributed by atoms with Gasteiger partial charge in [0.1, 0.15) is 12.6 Å². The summed E-state index contributed by atoms with van der Waals surface area (Å²) in [5, 5.41) is 9.12. The first kappa shape index (κ1) is 15.0.